The first-order valence-corrected chi connectivity index (χ1v) is 9.81. The Morgan fingerprint density at radius 1 is 1.15 bits per heavy atom. The minimum Gasteiger partial charge on any atom is -0.389 e. The summed E-state index contributed by atoms with van der Waals surface area (Å²) in [5.41, 5.74) is -9.32. The van der Waals surface area contributed by atoms with Crippen LogP contribution in [0.5, 0.6) is 0 Å². The van der Waals surface area contributed by atoms with Crippen LogP contribution < -0.4 is 0 Å². The quantitative estimate of drug-likeness (QED) is 0.514. The lowest BCUT2D eigenvalue weighted by molar-refractivity contribution is -0.383. The summed E-state index contributed by atoms with van der Waals surface area (Å²) in [5, 5.41) is 46.0. The van der Waals surface area contributed by atoms with E-state index in [0.29, 0.717) is 6.42 Å². The molecule has 0 unspecified atom stereocenters. The lowest BCUT2D eigenvalue weighted by atomic mass is 9.49. The van der Waals surface area contributed by atoms with E-state index >= 15 is 0 Å². The summed E-state index contributed by atoms with van der Waals surface area (Å²) in [7, 11) is 0. The van der Waals surface area contributed by atoms with E-state index in [2.05, 4.69) is 0 Å². The molecule has 3 bridgehead atoms. The standard InChI is InChI=1S/C20H30O7/c1-10(2)17(24)8-12(21)15(4)9-19(26)16(17,5)14(23)20(27-19)13(22)11(3)6-7-18(15,20)25/h10-11,13,22,24-26H,6-9H2,1-5H3/t11-,13+,15-,16+,17-,18-,19-,20-/m0/s1. The molecular weight excluding hydrogens is 352 g/mol. The number of aliphatic hydroxyl groups excluding tert-OH is 1. The highest BCUT2D eigenvalue weighted by Crippen LogP contribution is 2.73. The largest absolute Gasteiger partial charge is 0.389 e. The van der Waals surface area contributed by atoms with Crippen molar-refractivity contribution in [3.05, 3.63) is 0 Å². The van der Waals surface area contributed by atoms with Gasteiger partial charge in [-0.1, -0.05) is 20.8 Å². The molecule has 2 aliphatic carbocycles. The van der Waals surface area contributed by atoms with Crippen molar-refractivity contribution in [2.24, 2.45) is 22.7 Å². The van der Waals surface area contributed by atoms with Crippen molar-refractivity contribution in [2.75, 3.05) is 0 Å². The number of ketones is 2. The third kappa shape index (κ3) is 1.59. The van der Waals surface area contributed by atoms with Gasteiger partial charge in [-0.25, -0.2) is 0 Å². The highest BCUT2D eigenvalue weighted by molar-refractivity contribution is 6.04. The molecule has 1 spiro atoms. The molecule has 2 saturated carbocycles. The van der Waals surface area contributed by atoms with Gasteiger partial charge in [-0.3, -0.25) is 9.59 Å². The zero-order chi connectivity index (χ0) is 20.4. The van der Waals surface area contributed by atoms with E-state index < -0.39 is 57.0 Å². The molecule has 7 nitrogen and oxygen atoms in total. The van der Waals surface area contributed by atoms with Gasteiger partial charge in [0.25, 0.3) is 0 Å². The minimum absolute atomic E-state index is 0.103. The Labute approximate surface area is 158 Å². The monoisotopic (exact) mass is 382 g/mol. The van der Waals surface area contributed by atoms with E-state index in [-0.39, 0.29) is 25.2 Å². The van der Waals surface area contributed by atoms with Crippen LogP contribution in [0.4, 0.5) is 0 Å². The lowest BCUT2D eigenvalue weighted by Crippen LogP contribution is -2.78. The van der Waals surface area contributed by atoms with Crippen molar-refractivity contribution in [3.63, 3.8) is 0 Å². The first-order chi connectivity index (χ1) is 12.2. The van der Waals surface area contributed by atoms with Crippen LogP contribution in [0.15, 0.2) is 0 Å². The van der Waals surface area contributed by atoms with Gasteiger partial charge >= 0.3 is 0 Å². The molecule has 0 aromatic carbocycles. The second-order valence-corrected chi connectivity index (χ2v) is 10.1. The lowest BCUT2D eigenvalue weighted by Gasteiger charge is -2.61. The van der Waals surface area contributed by atoms with Crippen molar-refractivity contribution in [2.45, 2.75) is 89.0 Å². The van der Waals surface area contributed by atoms with Crippen molar-refractivity contribution in [1.29, 1.82) is 0 Å². The SMILES string of the molecule is CC(C)[C@@]1(O)CC(=O)[C@]2(C)C[C@]3(O)O[C@]4(C(=O)[C@@]31C)[C@H](O)[C@@H](C)CC[C@]24O. The van der Waals surface area contributed by atoms with Crippen LogP contribution in [0.25, 0.3) is 0 Å². The normalized spacial score (nSPS) is 59.9. The Balaban J connectivity index is 2.12. The fourth-order valence-corrected chi connectivity index (χ4v) is 6.64. The number of aliphatic hydroxyl groups is 4. The van der Waals surface area contributed by atoms with Gasteiger partial charge in [-0.2, -0.15) is 0 Å². The fraction of sp³-hybridized carbons (Fsp3) is 0.900. The maximum absolute atomic E-state index is 13.9. The number of fused-ring (bicyclic) bond motifs is 2. The van der Waals surface area contributed by atoms with Gasteiger partial charge in [0.15, 0.2) is 17.2 Å². The van der Waals surface area contributed by atoms with Crippen LogP contribution in [0.2, 0.25) is 0 Å². The molecule has 0 aromatic heterocycles. The van der Waals surface area contributed by atoms with Crippen LogP contribution in [-0.2, 0) is 14.3 Å². The first kappa shape index (κ1) is 19.5. The highest BCUT2D eigenvalue weighted by Gasteiger charge is 2.90. The van der Waals surface area contributed by atoms with Crippen LogP contribution in [0, 0.1) is 22.7 Å². The Kier molecular flexibility index (Phi) is 3.47. The van der Waals surface area contributed by atoms with Gasteiger partial charge in [-0.15, -0.1) is 0 Å². The predicted octanol–water partition coefficient (Wildman–Crippen LogP) is 0.311. The maximum Gasteiger partial charge on any atom is 0.186 e. The average Bonchev–Trinajstić information content (AvgIpc) is 2.71. The second-order valence-electron chi connectivity index (χ2n) is 10.1. The Morgan fingerprint density at radius 3 is 2.30 bits per heavy atom. The summed E-state index contributed by atoms with van der Waals surface area (Å²) < 4.78 is 5.94. The number of hydrogen-bond donors (Lipinski definition) is 4. The fourth-order valence-electron chi connectivity index (χ4n) is 6.64. The molecule has 7 heteroatoms. The van der Waals surface area contributed by atoms with Gasteiger partial charge in [0, 0.05) is 12.8 Å². The smallest absolute Gasteiger partial charge is 0.186 e. The van der Waals surface area contributed by atoms with E-state index in [9.17, 15) is 30.0 Å². The van der Waals surface area contributed by atoms with Crippen LogP contribution >= 0.6 is 0 Å². The van der Waals surface area contributed by atoms with E-state index in [4.69, 9.17) is 4.74 Å². The predicted molar refractivity (Wildman–Crippen MR) is 93.4 cm³/mol. The van der Waals surface area contributed by atoms with Crippen molar-refractivity contribution < 1.29 is 34.8 Å². The zero-order valence-electron chi connectivity index (χ0n) is 16.6. The molecular formula is C20H30O7. The summed E-state index contributed by atoms with van der Waals surface area (Å²) in [4.78, 5) is 27.3. The first-order valence-electron chi connectivity index (χ1n) is 9.81. The summed E-state index contributed by atoms with van der Waals surface area (Å²) >= 11 is 0. The molecule has 2 saturated heterocycles. The molecule has 0 radical (unpaired) electrons. The average molecular weight is 382 g/mol. The minimum atomic E-state index is -2.16. The third-order valence-electron chi connectivity index (χ3n) is 8.81. The summed E-state index contributed by atoms with van der Waals surface area (Å²) in [6.07, 6.45) is -1.53. The molecule has 152 valence electrons. The third-order valence-corrected chi connectivity index (χ3v) is 8.81. The van der Waals surface area contributed by atoms with Gasteiger partial charge in [0.05, 0.1) is 17.1 Å². The molecule has 4 aliphatic rings. The number of ether oxygens (including phenoxy) is 1. The Morgan fingerprint density at radius 2 is 1.74 bits per heavy atom. The molecule has 8 atom stereocenters. The highest BCUT2D eigenvalue weighted by atomic mass is 16.7. The van der Waals surface area contributed by atoms with E-state index in [0.717, 1.165) is 0 Å². The molecule has 2 aliphatic heterocycles. The second kappa shape index (κ2) is 4.82. The van der Waals surface area contributed by atoms with Crippen molar-refractivity contribution >= 4 is 11.6 Å². The van der Waals surface area contributed by atoms with Crippen LogP contribution in [0.3, 0.4) is 0 Å². The number of carbonyl (C=O) groups excluding carboxylic acids is 2. The summed E-state index contributed by atoms with van der Waals surface area (Å²) in [6, 6.07) is 0. The van der Waals surface area contributed by atoms with Gasteiger partial charge < -0.3 is 25.2 Å². The summed E-state index contributed by atoms with van der Waals surface area (Å²) in [5.74, 6) is -4.18. The van der Waals surface area contributed by atoms with Gasteiger partial charge in [-0.05, 0) is 38.5 Å². The van der Waals surface area contributed by atoms with Crippen LogP contribution in [-0.4, -0.2) is 60.7 Å². The number of carbonyl (C=O) groups is 2. The van der Waals surface area contributed by atoms with E-state index in [1.54, 1.807) is 20.8 Å². The van der Waals surface area contributed by atoms with Crippen molar-refractivity contribution in [1.82, 2.24) is 0 Å². The Hall–Kier alpha value is -0.860. The van der Waals surface area contributed by atoms with Gasteiger partial charge in [0.2, 0.25) is 0 Å². The molecule has 4 N–H and O–H groups in total. The molecule has 4 fully saturated rings. The van der Waals surface area contributed by atoms with Crippen LogP contribution in [0.1, 0.15) is 60.3 Å². The molecule has 27 heavy (non-hydrogen) atoms. The van der Waals surface area contributed by atoms with E-state index in [1.807, 2.05) is 0 Å². The van der Waals surface area contributed by atoms with Gasteiger partial charge in [0.1, 0.15) is 16.8 Å². The summed E-state index contributed by atoms with van der Waals surface area (Å²) in [6.45, 7) is 8.08. The number of rotatable bonds is 1. The molecule has 0 aromatic rings. The molecule has 0 amide bonds. The zero-order valence-corrected chi connectivity index (χ0v) is 16.6. The Bertz CT molecular complexity index is 751. The topological polar surface area (TPSA) is 124 Å². The molecule has 2 heterocycles. The molecule has 4 rings (SSSR count). The maximum atomic E-state index is 13.9. The van der Waals surface area contributed by atoms with Crippen molar-refractivity contribution in [3.8, 4) is 0 Å². The van der Waals surface area contributed by atoms with E-state index in [1.165, 1.54) is 13.8 Å². The number of Topliss-reactive ketones (excluding diaryl/α,β-unsaturated/α-hetero) is 2. The number of hydrogen-bond acceptors (Lipinski definition) is 7.